The molecule has 0 aliphatic carbocycles. The van der Waals surface area contributed by atoms with Gasteiger partial charge < -0.3 is 15.4 Å². The van der Waals surface area contributed by atoms with Crippen molar-refractivity contribution in [3.63, 3.8) is 0 Å². The Morgan fingerprint density at radius 3 is 2.73 bits per heavy atom. The molecule has 0 bridgehead atoms. The Balaban J connectivity index is 2.37. The predicted molar refractivity (Wildman–Crippen MR) is 80.7 cm³/mol. The van der Waals surface area contributed by atoms with Crippen LogP contribution in [0.15, 0.2) is 17.3 Å². The third kappa shape index (κ3) is 6.10. The van der Waals surface area contributed by atoms with Gasteiger partial charge in [0.15, 0.2) is 0 Å². The lowest BCUT2D eigenvalue weighted by molar-refractivity contribution is -0.122. The highest BCUT2D eigenvalue weighted by Crippen LogP contribution is 2.06. The number of hydrogen-bond donors (Lipinski definition) is 3. The number of rotatable bonds is 10. The molecule has 126 valence electrons. The van der Waals surface area contributed by atoms with Crippen molar-refractivity contribution in [3.05, 3.63) is 12.4 Å². The molecular weight excluding hydrogens is 310 g/mol. The van der Waals surface area contributed by atoms with Crippen LogP contribution in [-0.2, 0) is 26.6 Å². The maximum Gasteiger partial charge on any atom is 0.244 e. The molecule has 1 atom stereocenters. The maximum absolute atomic E-state index is 12.0. The van der Waals surface area contributed by atoms with Gasteiger partial charge in [0, 0.05) is 40.0 Å². The molecule has 0 aliphatic heterocycles. The van der Waals surface area contributed by atoms with Crippen LogP contribution in [0.4, 0.5) is 0 Å². The van der Waals surface area contributed by atoms with Crippen LogP contribution in [0.3, 0.4) is 0 Å². The zero-order valence-corrected chi connectivity index (χ0v) is 13.8. The first kappa shape index (κ1) is 18.6. The first-order chi connectivity index (χ1) is 10.4. The molecule has 1 amide bonds. The lowest BCUT2D eigenvalue weighted by Crippen LogP contribution is -2.46. The summed E-state index contributed by atoms with van der Waals surface area (Å²) in [6.07, 6.45) is 2.60. The van der Waals surface area contributed by atoms with Crippen LogP contribution >= 0.6 is 0 Å². The van der Waals surface area contributed by atoms with Crippen molar-refractivity contribution in [2.45, 2.75) is 17.9 Å². The van der Waals surface area contributed by atoms with Crippen molar-refractivity contribution in [2.24, 2.45) is 7.05 Å². The molecule has 0 saturated heterocycles. The van der Waals surface area contributed by atoms with E-state index in [2.05, 4.69) is 20.5 Å². The van der Waals surface area contributed by atoms with Crippen LogP contribution in [0, 0.1) is 0 Å². The SMILES string of the molecule is COCCNCCNC(=O)C(C)NS(=O)(=O)c1cnn(C)c1. The Labute approximate surface area is 130 Å². The zero-order chi connectivity index (χ0) is 16.6. The van der Waals surface area contributed by atoms with Gasteiger partial charge in [-0.15, -0.1) is 0 Å². The summed E-state index contributed by atoms with van der Waals surface area (Å²) in [5.74, 6) is -0.388. The number of sulfonamides is 1. The Morgan fingerprint density at radius 2 is 2.14 bits per heavy atom. The minimum Gasteiger partial charge on any atom is -0.383 e. The summed E-state index contributed by atoms with van der Waals surface area (Å²) in [6.45, 7) is 3.76. The number of ether oxygens (including phenoxy) is 1. The Bertz CT molecular complexity index is 572. The van der Waals surface area contributed by atoms with Gasteiger partial charge in [0.05, 0.1) is 18.8 Å². The van der Waals surface area contributed by atoms with Crippen LogP contribution in [-0.4, -0.2) is 63.5 Å². The Kier molecular flexibility index (Phi) is 7.45. The molecule has 10 heteroatoms. The van der Waals surface area contributed by atoms with E-state index in [4.69, 9.17) is 4.74 Å². The zero-order valence-electron chi connectivity index (χ0n) is 13.0. The first-order valence-electron chi connectivity index (χ1n) is 6.85. The van der Waals surface area contributed by atoms with Crippen molar-refractivity contribution in [1.82, 2.24) is 25.1 Å². The predicted octanol–water partition coefficient (Wildman–Crippen LogP) is -1.56. The fraction of sp³-hybridized carbons (Fsp3) is 0.667. The number of aromatic nitrogens is 2. The van der Waals surface area contributed by atoms with Crippen molar-refractivity contribution in [3.8, 4) is 0 Å². The molecule has 1 unspecified atom stereocenters. The monoisotopic (exact) mass is 333 g/mol. The number of nitrogens with one attached hydrogen (secondary N) is 3. The summed E-state index contributed by atoms with van der Waals surface area (Å²) in [5, 5.41) is 9.52. The van der Waals surface area contributed by atoms with Crippen molar-refractivity contribution < 1.29 is 17.9 Å². The summed E-state index contributed by atoms with van der Waals surface area (Å²) in [5.41, 5.74) is 0. The number of hydrogen-bond acceptors (Lipinski definition) is 6. The van der Waals surface area contributed by atoms with Crippen LogP contribution in [0.1, 0.15) is 6.92 Å². The Hall–Kier alpha value is -1.49. The third-order valence-electron chi connectivity index (χ3n) is 2.80. The smallest absolute Gasteiger partial charge is 0.244 e. The van der Waals surface area contributed by atoms with E-state index in [0.717, 1.165) is 0 Å². The van der Waals surface area contributed by atoms with E-state index in [1.54, 1.807) is 14.2 Å². The van der Waals surface area contributed by atoms with Crippen molar-refractivity contribution >= 4 is 15.9 Å². The van der Waals surface area contributed by atoms with Gasteiger partial charge in [0.25, 0.3) is 0 Å². The summed E-state index contributed by atoms with van der Waals surface area (Å²) in [4.78, 5) is 11.9. The maximum atomic E-state index is 12.0. The Morgan fingerprint density at radius 1 is 1.41 bits per heavy atom. The lowest BCUT2D eigenvalue weighted by atomic mass is 10.3. The van der Waals surface area contributed by atoms with Gasteiger partial charge in [-0.3, -0.25) is 9.48 Å². The number of carbonyl (C=O) groups is 1. The number of amides is 1. The van der Waals surface area contributed by atoms with Crippen molar-refractivity contribution in [1.29, 1.82) is 0 Å². The highest BCUT2D eigenvalue weighted by molar-refractivity contribution is 7.89. The lowest BCUT2D eigenvalue weighted by Gasteiger charge is -2.14. The summed E-state index contributed by atoms with van der Waals surface area (Å²) < 4.78 is 32.6. The number of carbonyl (C=O) groups excluding carboxylic acids is 1. The topological polar surface area (TPSA) is 114 Å². The molecule has 1 aromatic heterocycles. The van der Waals surface area contributed by atoms with Gasteiger partial charge >= 0.3 is 0 Å². The minimum atomic E-state index is -3.75. The molecule has 1 rings (SSSR count). The van der Waals surface area contributed by atoms with E-state index in [9.17, 15) is 13.2 Å². The summed E-state index contributed by atoms with van der Waals surface area (Å²) in [7, 11) is -0.525. The van der Waals surface area contributed by atoms with E-state index in [1.165, 1.54) is 24.0 Å². The highest BCUT2D eigenvalue weighted by Gasteiger charge is 2.22. The summed E-state index contributed by atoms with van der Waals surface area (Å²) >= 11 is 0. The normalized spacial score (nSPS) is 13.0. The average molecular weight is 333 g/mol. The molecule has 3 N–H and O–H groups in total. The van der Waals surface area contributed by atoms with Crippen LogP contribution in [0.2, 0.25) is 0 Å². The van der Waals surface area contributed by atoms with Gasteiger partial charge in [-0.2, -0.15) is 9.82 Å². The van der Waals surface area contributed by atoms with E-state index < -0.39 is 16.1 Å². The minimum absolute atomic E-state index is 0.0240. The first-order valence-corrected chi connectivity index (χ1v) is 8.33. The third-order valence-corrected chi connectivity index (χ3v) is 4.30. The van der Waals surface area contributed by atoms with Gasteiger partial charge in [0.1, 0.15) is 4.90 Å². The van der Waals surface area contributed by atoms with Gasteiger partial charge in [-0.05, 0) is 6.92 Å². The quantitative estimate of drug-likeness (QED) is 0.446. The molecule has 9 nitrogen and oxygen atoms in total. The summed E-state index contributed by atoms with van der Waals surface area (Å²) in [6, 6.07) is -0.871. The second-order valence-electron chi connectivity index (χ2n) is 4.73. The molecule has 0 radical (unpaired) electrons. The second kappa shape index (κ2) is 8.83. The average Bonchev–Trinajstić information content (AvgIpc) is 2.89. The molecule has 22 heavy (non-hydrogen) atoms. The molecule has 1 heterocycles. The molecular formula is C12H23N5O4S. The molecule has 0 fully saturated rings. The van der Waals surface area contributed by atoms with Crippen LogP contribution < -0.4 is 15.4 Å². The molecule has 1 aromatic rings. The highest BCUT2D eigenvalue weighted by atomic mass is 32.2. The fourth-order valence-electron chi connectivity index (χ4n) is 1.62. The second-order valence-corrected chi connectivity index (χ2v) is 6.44. The molecule has 0 saturated carbocycles. The van der Waals surface area contributed by atoms with E-state index >= 15 is 0 Å². The van der Waals surface area contributed by atoms with E-state index in [0.29, 0.717) is 26.2 Å². The standard InChI is InChI=1S/C12H23N5O4S/c1-10(12(18)14-5-4-13-6-7-21-3)16-22(19,20)11-8-15-17(2)9-11/h8-10,13,16H,4-7H2,1-3H3,(H,14,18). The number of aryl methyl sites for hydroxylation is 1. The van der Waals surface area contributed by atoms with Gasteiger partial charge in [-0.1, -0.05) is 0 Å². The largest absolute Gasteiger partial charge is 0.383 e. The fourth-order valence-corrected chi connectivity index (χ4v) is 2.80. The van der Waals surface area contributed by atoms with Gasteiger partial charge in [-0.25, -0.2) is 8.42 Å². The van der Waals surface area contributed by atoms with E-state index in [-0.39, 0.29) is 10.8 Å². The molecule has 0 spiro atoms. The van der Waals surface area contributed by atoms with E-state index in [1.807, 2.05) is 0 Å². The molecule has 0 aliphatic rings. The number of nitrogens with zero attached hydrogens (tertiary/aromatic N) is 2. The van der Waals surface area contributed by atoms with Crippen molar-refractivity contribution in [2.75, 3.05) is 33.4 Å². The van der Waals surface area contributed by atoms with Crippen LogP contribution in [0.25, 0.3) is 0 Å². The van der Waals surface area contributed by atoms with Gasteiger partial charge in [0.2, 0.25) is 15.9 Å². The van der Waals surface area contributed by atoms with Crippen LogP contribution in [0.5, 0.6) is 0 Å². The molecule has 0 aromatic carbocycles. The number of methoxy groups -OCH3 is 1.